The van der Waals surface area contributed by atoms with E-state index >= 15 is 0 Å². The lowest BCUT2D eigenvalue weighted by Crippen LogP contribution is -2.41. The van der Waals surface area contributed by atoms with E-state index in [1.54, 1.807) is 0 Å². The van der Waals surface area contributed by atoms with Gasteiger partial charge in [-0.25, -0.2) is 0 Å². The van der Waals surface area contributed by atoms with Gasteiger partial charge in [0.25, 0.3) is 0 Å². The molecule has 0 bridgehead atoms. The number of aliphatic imine (C=N–C) groups is 1. The normalized spacial score (nSPS) is 19.9. The number of ether oxygens (including phenoxy) is 1. The SMILES string of the molecule is CCNC(=NCC1(O)CCCCC1)NCCCOC1CCN(Cc2ccccc2)CC1.I. The van der Waals surface area contributed by atoms with Crippen LogP contribution in [0.1, 0.15) is 63.9 Å². The van der Waals surface area contributed by atoms with E-state index in [0.717, 1.165) is 90.2 Å². The van der Waals surface area contributed by atoms with E-state index in [4.69, 9.17) is 4.74 Å². The number of hydrogen-bond acceptors (Lipinski definition) is 4. The van der Waals surface area contributed by atoms with Crippen molar-refractivity contribution in [2.45, 2.75) is 76.5 Å². The molecule has 0 aromatic heterocycles. The monoisotopic (exact) mass is 558 g/mol. The second-order valence-corrected chi connectivity index (χ2v) is 9.09. The first-order valence-corrected chi connectivity index (χ1v) is 12.3. The molecule has 0 amide bonds. The Labute approximate surface area is 211 Å². The topological polar surface area (TPSA) is 69.1 Å². The molecule has 1 aromatic carbocycles. The van der Waals surface area contributed by atoms with Gasteiger partial charge in [0.15, 0.2) is 5.96 Å². The van der Waals surface area contributed by atoms with Crippen LogP contribution in [0, 0.1) is 0 Å². The number of likely N-dealkylation sites (tertiary alicyclic amines) is 1. The molecular weight excluding hydrogens is 515 g/mol. The summed E-state index contributed by atoms with van der Waals surface area (Å²) < 4.78 is 6.13. The zero-order valence-corrected chi connectivity index (χ0v) is 22.1. The molecule has 7 heteroatoms. The molecule has 3 N–H and O–H groups in total. The van der Waals surface area contributed by atoms with Gasteiger partial charge in [0.2, 0.25) is 0 Å². The average molecular weight is 559 g/mol. The largest absolute Gasteiger partial charge is 0.388 e. The molecule has 1 aliphatic heterocycles. The number of aliphatic hydroxyl groups is 1. The summed E-state index contributed by atoms with van der Waals surface area (Å²) in [6.07, 6.45) is 8.76. The third-order valence-electron chi connectivity index (χ3n) is 6.41. The van der Waals surface area contributed by atoms with Gasteiger partial charge < -0.3 is 20.5 Å². The lowest BCUT2D eigenvalue weighted by molar-refractivity contribution is 0.00527. The van der Waals surface area contributed by atoms with Crippen LogP contribution in [0.5, 0.6) is 0 Å². The molecule has 1 aromatic rings. The summed E-state index contributed by atoms with van der Waals surface area (Å²) in [5, 5.41) is 17.3. The van der Waals surface area contributed by atoms with Crippen LogP contribution in [-0.2, 0) is 11.3 Å². The van der Waals surface area contributed by atoms with E-state index in [9.17, 15) is 5.11 Å². The van der Waals surface area contributed by atoms with Crippen LogP contribution in [0.4, 0.5) is 0 Å². The molecule has 182 valence electrons. The van der Waals surface area contributed by atoms with Crippen molar-refractivity contribution < 1.29 is 9.84 Å². The number of nitrogens with zero attached hydrogens (tertiary/aromatic N) is 2. The Balaban J connectivity index is 0.00000363. The fourth-order valence-electron chi connectivity index (χ4n) is 4.54. The molecule has 0 spiro atoms. The minimum absolute atomic E-state index is 0. The second-order valence-electron chi connectivity index (χ2n) is 9.09. The zero-order chi connectivity index (χ0) is 21.8. The van der Waals surface area contributed by atoms with E-state index in [0.29, 0.717) is 12.6 Å². The van der Waals surface area contributed by atoms with Crippen molar-refractivity contribution in [3.63, 3.8) is 0 Å². The van der Waals surface area contributed by atoms with Crippen molar-refractivity contribution >= 4 is 29.9 Å². The number of hydrogen-bond donors (Lipinski definition) is 3. The Morgan fingerprint density at radius 1 is 1.12 bits per heavy atom. The number of halogens is 1. The van der Waals surface area contributed by atoms with E-state index in [-0.39, 0.29) is 24.0 Å². The Kier molecular flexibility index (Phi) is 12.9. The Bertz CT molecular complexity index is 645. The van der Waals surface area contributed by atoms with Crippen LogP contribution in [0.3, 0.4) is 0 Å². The number of rotatable bonds is 10. The quantitative estimate of drug-likeness (QED) is 0.176. The van der Waals surface area contributed by atoms with Gasteiger partial charge in [-0.2, -0.15) is 0 Å². The maximum atomic E-state index is 10.7. The minimum atomic E-state index is -0.612. The Morgan fingerprint density at radius 3 is 2.53 bits per heavy atom. The van der Waals surface area contributed by atoms with Crippen molar-refractivity contribution in [3.8, 4) is 0 Å². The molecule has 1 saturated heterocycles. The van der Waals surface area contributed by atoms with Crippen molar-refractivity contribution in [2.75, 3.05) is 39.3 Å². The molecule has 2 fully saturated rings. The first kappa shape index (κ1) is 27.3. The van der Waals surface area contributed by atoms with Gasteiger partial charge in [0.1, 0.15) is 0 Å². The van der Waals surface area contributed by atoms with Crippen molar-refractivity contribution in [1.29, 1.82) is 0 Å². The first-order chi connectivity index (χ1) is 15.2. The highest BCUT2D eigenvalue weighted by Crippen LogP contribution is 2.28. The second kappa shape index (κ2) is 15.1. The number of guanidine groups is 1. The summed E-state index contributed by atoms with van der Waals surface area (Å²) in [4.78, 5) is 7.16. The van der Waals surface area contributed by atoms with Gasteiger partial charge in [-0.15, -0.1) is 24.0 Å². The molecule has 2 aliphatic rings. The zero-order valence-electron chi connectivity index (χ0n) is 19.7. The summed E-state index contributed by atoms with van der Waals surface area (Å²) in [5.74, 6) is 0.802. The molecule has 6 nitrogen and oxygen atoms in total. The summed E-state index contributed by atoms with van der Waals surface area (Å²) in [5.41, 5.74) is 0.778. The predicted octanol–water partition coefficient (Wildman–Crippen LogP) is 3.93. The Hall–Kier alpha value is -0.900. The van der Waals surface area contributed by atoms with Crippen molar-refractivity contribution in [2.24, 2.45) is 4.99 Å². The summed E-state index contributed by atoms with van der Waals surface area (Å²) in [7, 11) is 0. The summed E-state index contributed by atoms with van der Waals surface area (Å²) in [6.45, 7) is 8.24. The third-order valence-corrected chi connectivity index (χ3v) is 6.41. The smallest absolute Gasteiger partial charge is 0.191 e. The van der Waals surface area contributed by atoms with Gasteiger partial charge in [-0.3, -0.25) is 9.89 Å². The van der Waals surface area contributed by atoms with E-state index in [1.165, 1.54) is 12.0 Å². The molecule has 1 heterocycles. The highest BCUT2D eigenvalue weighted by atomic mass is 127. The highest BCUT2D eigenvalue weighted by molar-refractivity contribution is 14.0. The maximum absolute atomic E-state index is 10.7. The van der Waals surface area contributed by atoms with Crippen LogP contribution < -0.4 is 10.6 Å². The fraction of sp³-hybridized carbons (Fsp3) is 0.720. The molecular formula is C25H43IN4O2. The minimum Gasteiger partial charge on any atom is -0.388 e. The molecule has 0 unspecified atom stereocenters. The lowest BCUT2D eigenvalue weighted by atomic mass is 9.85. The number of piperidine rings is 1. The average Bonchev–Trinajstić information content (AvgIpc) is 2.79. The van der Waals surface area contributed by atoms with Crippen LogP contribution >= 0.6 is 24.0 Å². The lowest BCUT2D eigenvalue weighted by Gasteiger charge is -2.32. The molecule has 0 atom stereocenters. The van der Waals surface area contributed by atoms with Gasteiger partial charge in [-0.05, 0) is 44.6 Å². The van der Waals surface area contributed by atoms with Gasteiger partial charge in [-0.1, -0.05) is 49.6 Å². The fourth-order valence-corrected chi connectivity index (χ4v) is 4.54. The maximum Gasteiger partial charge on any atom is 0.191 e. The highest BCUT2D eigenvalue weighted by Gasteiger charge is 2.28. The molecule has 32 heavy (non-hydrogen) atoms. The van der Waals surface area contributed by atoms with Crippen LogP contribution in [0.2, 0.25) is 0 Å². The molecule has 1 aliphatic carbocycles. The van der Waals surface area contributed by atoms with Crippen LogP contribution in [0.15, 0.2) is 35.3 Å². The summed E-state index contributed by atoms with van der Waals surface area (Å²) >= 11 is 0. The third kappa shape index (κ3) is 9.93. The number of nitrogens with one attached hydrogen (secondary N) is 2. The first-order valence-electron chi connectivity index (χ1n) is 12.3. The van der Waals surface area contributed by atoms with E-state index < -0.39 is 5.60 Å². The van der Waals surface area contributed by atoms with E-state index in [2.05, 4.69) is 57.8 Å². The van der Waals surface area contributed by atoms with Gasteiger partial charge in [0, 0.05) is 39.3 Å². The standard InChI is InChI=1S/C25H42N4O2.HI/c1-2-26-24(28-21-25(30)14-7-4-8-15-25)27-16-9-19-31-23-12-17-29(18-13-23)20-22-10-5-3-6-11-22;/h3,5-6,10-11,23,30H,2,4,7-9,12-21H2,1H3,(H2,26,27,28);1H. The summed E-state index contributed by atoms with van der Waals surface area (Å²) in [6, 6.07) is 10.7. The predicted molar refractivity (Wildman–Crippen MR) is 143 cm³/mol. The van der Waals surface area contributed by atoms with Crippen LogP contribution in [0.25, 0.3) is 0 Å². The Morgan fingerprint density at radius 2 is 1.84 bits per heavy atom. The molecule has 3 rings (SSSR count). The van der Waals surface area contributed by atoms with Crippen molar-refractivity contribution in [3.05, 3.63) is 35.9 Å². The van der Waals surface area contributed by atoms with E-state index in [1.807, 2.05) is 0 Å². The van der Waals surface area contributed by atoms with Crippen molar-refractivity contribution in [1.82, 2.24) is 15.5 Å². The van der Waals surface area contributed by atoms with Gasteiger partial charge >= 0.3 is 0 Å². The van der Waals surface area contributed by atoms with Crippen LogP contribution in [-0.4, -0.2) is 67.0 Å². The van der Waals surface area contributed by atoms with Gasteiger partial charge in [0.05, 0.1) is 18.2 Å². The molecule has 1 saturated carbocycles. The molecule has 0 radical (unpaired) electrons. The number of benzene rings is 1.